The molecule has 0 fully saturated rings. The van der Waals surface area contributed by atoms with Gasteiger partial charge in [-0.1, -0.05) is 13.8 Å². The fourth-order valence-corrected chi connectivity index (χ4v) is 2.10. The van der Waals surface area contributed by atoms with E-state index >= 15 is 0 Å². The van der Waals surface area contributed by atoms with Gasteiger partial charge in [-0.25, -0.2) is 0 Å². The van der Waals surface area contributed by atoms with Crippen LogP contribution in [-0.4, -0.2) is 44.0 Å². The number of nitrogens with one attached hydrogen (secondary N) is 1. The number of benzene rings is 1. The molecule has 1 rings (SSSR count). The van der Waals surface area contributed by atoms with E-state index in [2.05, 4.69) is 5.32 Å². The molecule has 0 radical (unpaired) electrons. The van der Waals surface area contributed by atoms with Crippen LogP contribution in [0.25, 0.3) is 0 Å². The van der Waals surface area contributed by atoms with Crippen LogP contribution in [0.1, 0.15) is 26.7 Å². The van der Waals surface area contributed by atoms with E-state index in [4.69, 9.17) is 9.47 Å². The van der Waals surface area contributed by atoms with Gasteiger partial charge in [-0.15, -0.1) is 0 Å². The number of anilines is 1. The van der Waals surface area contributed by atoms with Gasteiger partial charge in [0.2, 0.25) is 0 Å². The zero-order chi connectivity index (χ0) is 16.5. The molecule has 0 aromatic heterocycles. The number of rotatable bonds is 7. The minimum atomic E-state index is -0.644. The molecule has 0 aliphatic heterocycles. The van der Waals surface area contributed by atoms with Crippen molar-refractivity contribution in [2.75, 3.05) is 32.6 Å². The Balaban J connectivity index is 2.80. The Hall–Kier alpha value is -2.24. The highest BCUT2D eigenvalue weighted by Crippen LogP contribution is 2.29. The van der Waals surface area contributed by atoms with Gasteiger partial charge in [0.25, 0.3) is 0 Å². The lowest BCUT2D eigenvalue weighted by atomic mass is 10.2. The molecular weight excluding hydrogens is 284 g/mol. The van der Waals surface area contributed by atoms with Crippen LogP contribution in [0.15, 0.2) is 18.2 Å². The van der Waals surface area contributed by atoms with Crippen LogP contribution < -0.4 is 14.8 Å². The van der Waals surface area contributed by atoms with Crippen molar-refractivity contribution < 1.29 is 19.1 Å². The lowest BCUT2D eigenvalue weighted by Gasteiger charge is -2.20. The van der Waals surface area contributed by atoms with Crippen LogP contribution in [0.4, 0.5) is 5.69 Å². The monoisotopic (exact) mass is 308 g/mol. The summed E-state index contributed by atoms with van der Waals surface area (Å²) in [5, 5.41) is 2.60. The first kappa shape index (κ1) is 17.8. The van der Waals surface area contributed by atoms with Crippen molar-refractivity contribution in [1.29, 1.82) is 0 Å². The maximum atomic E-state index is 12.2. The van der Waals surface area contributed by atoms with Crippen molar-refractivity contribution in [3.63, 3.8) is 0 Å². The first-order valence-electron chi connectivity index (χ1n) is 7.39. The minimum Gasteiger partial charge on any atom is -0.493 e. The third-order valence-electron chi connectivity index (χ3n) is 3.11. The number of ether oxygens (including phenoxy) is 2. The standard InChI is InChI=1S/C16H24N2O4/c1-5-9-18(10-6-2)16(20)15(19)17-12-7-8-13(21-3)14(11-12)22-4/h7-8,11H,5-6,9-10H2,1-4H3,(H,17,19). The zero-order valence-electron chi connectivity index (χ0n) is 13.6. The molecule has 0 aliphatic rings. The minimum absolute atomic E-state index is 0.490. The number of amides is 2. The lowest BCUT2D eigenvalue weighted by molar-refractivity contribution is -0.143. The van der Waals surface area contributed by atoms with Crippen LogP contribution in [0.2, 0.25) is 0 Å². The van der Waals surface area contributed by atoms with Gasteiger partial charge >= 0.3 is 11.8 Å². The molecule has 2 amide bonds. The van der Waals surface area contributed by atoms with Gasteiger partial charge in [-0.05, 0) is 25.0 Å². The number of carbonyl (C=O) groups excluding carboxylic acids is 2. The van der Waals surface area contributed by atoms with E-state index in [1.54, 1.807) is 23.1 Å². The van der Waals surface area contributed by atoms with E-state index in [-0.39, 0.29) is 0 Å². The maximum absolute atomic E-state index is 12.2. The Morgan fingerprint density at radius 2 is 1.64 bits per heavy atom. The van der Waals surface area contributed by atoms with Gasteiger partial charge < -0.3 is 19.7 Å². The fourth-order valence-electron chi connectivity index (χ4n) is 2.10. The second-order valence-electron chi connectivity index (χ2n) is 4.82. The van der Waals surface area contributed by atoms with Crippen LogP contribution in [0, 0.1) is 0 Å². The summed E-state index contributed by atoms with van der Waals surface area (Å²) in [6, 6.07) is 4.96. The van der Waals surface area contributed by atoms with Gasteiger partial charge in [0.1, 0.15) is 0 Å². The molecule has 1 aromatic rings. The SMILES string of the molecule is CCCN(CCC)C(=O)C(=O)Nc1ccc(OC)c(OC)c1. The molecule has 0 heterocycles. The fraction of sp³-hybridized carbons (Fsp3) is 0.500. The molecule has 0 aliphatic carbocycles. The Morgan fingerprint density at radius 1 is 1.05 bits per heavy atom. The Morgan fingerprint density at radius 3 is 2.14 bits per heavy atom. The van der Waals surface area contributed by atoms with Crippen molar-refractivity contribution >= 4 is 17.5 Å². The largest absolute Gasteiger partial charge is 0.493 e. The molecular formula is C16H24N2O4. The average Bonchev–Trinajstić information content (AvgIpc) is 2.53. The van der Waals surface area contributed by atoms with Gasteiger partial charge in [0.05, 0.1) is 14.2 Å². The molecule has 1 N–H and O–H groups in total. The van der Waals surface area contributed by atoms with Crippen molar-refractivity contribution in [3.05, 3.63) is 18.2 Å². The number of hydrogen-bond acceptors (Lipinski definition) is 4. The summed E-state index contributed by atoms with van der Waals surface area (Å²) >= 11 is 0. The predicted octanol–water partition coefficient (Wildman–Crippen LogP) is 2.29. The highest BCUT2D eigenvalue weighted by atomic mass is 16.5. The van der Waals surface area contributed by atoms with Crippen LogP contribution in [-0.2, 0) is 9.59 Å². The highest BCUT2D eigenvalue weighted by Gasteiger charge is 2.21. The summed E-state index contributed by atoms with van der Waals surface area (Å²) < 4.78 is 10.3. The molecule has 0 atom stereocenters. The molecule has 0 unspecified atom stereocenters. The summed E-state index contributed by atoms with van der Waals surface area (Å²) in [6.07, 6.45) is 1.63. The van der Waals surface area contributed by atoms with Crippen LogP contribution in [0.3, 0.4) is 0 Å². The molecule has 0 spiro atoms. The van der Waals surface area contributed by atoms with Crippen molar-refractivity contribution in [1.82, 2.24) is 4.90 Å². The molecule has 122 valence electrons. The Kier molecular flexibility index (Phi) is 7.22. The molecule has 0 saturated heterocycles. The van der Waals surface area contributed by atoms with E-state index in [1.807, 2.05) is 13.8 Å². The first-order chi connectivity index (χ1) is 10.6. The van der Waals surface area contributed by atoms with E-state index < -0.39 is 11.8 Å². The van der Waals surface area contributed by atoms with Gasteiger partial charge in [0, 0.05) is 24.8 Å². The summed E-state index contributed by atoms with van der Waals surface area (Å²) in [5.74, 6) is -0.107. The molecule has 6 nitrogen and oxygen atoms in total. The second-order valence-corrected chi connectivity index (χ2v) is 4.82. The topological polar surface area (TPSA) is 67.9 Å². The smallest absolute Gasteiger partial charge is 0.313 e. The third-order valence-corrected chi connectivity index (χ3v) is 3.11. The number of carbonyl (C=O) groups is 2. The van der Waals surface area contributed by atoms with Crippen molar-refractivity contribution in [2.45, 2.75) is 26.7 Å². The predicted molar refractivity (Wildman–Crippen MR) is 85.3 cm³/mol. The summed E-state index contributed by atoms with van der Waals surface area (Å²) in [6.45, 7) is 5.10. The van der Waals surface area contributed by atoms with E-state index in [9.17, 15) is 9.59 Å². The van der Waals surface area contributed by atoms with Gasteiger partial charge in [-0.3, -0.25) is 9.59 Å². The number of hydrogen-bond donors (Lipinski definition) is 1. The van der Waals surface area contributed by atoms with E-state index in [1.165, 1.54) is 14.2 Å². The molecule has 1 aromatic carbocycles. The molecule has 22 heavy (non-hydrogen) atoms. The zero-order valence-corrected chi connectivity index (χ0v) is 13.6. The van der Waals surface area contributed by atoms with Crippen molar-refractivity contribution in [2.24, 2.45) is 0 Å². The lowest BCUT2D eigenvalue weighted by Crippen LogP contribution is -2.40. The highest BCUT2D eigenvalue weighted by molar-refractivity contribution is 6.39. The maximum Gasteiger partial charge on any atom is 0.313 e. The number of nitrogens with zero attached hydrogens (tertiary/aromatic N) is 1. The Bertz CT molecular complexity index is 511. The van der Waals surface area contributed by atoms with Crippen molar-refractivity contribution in [3.8, 4) is 11.5 Å². The normalized spacial score (nSPS) is 10.0. The van der Waals surface area contributed by atoms with Crippen LogP contribution in [0.5, 0.6) is 11.5 Å². The van der Waals surface area contributed by atoms with E-state index in [0.717, 1.165) is 12.8 Å². The van der Waals surface area contributed by atoms with E-state index in [0.29, 0.717) is 30.3 Å². The van der Waals surface area contributed by atoms with Gasteiger partial charge in [-0.2, -0.15) is 0 Å². The third kappa shape index (κ3) is 4.65. The second kappa shape index (κ2) is 8.92. The average molecular weight is 308 g/mol. The molecule has 0 bridgehead atoms. The quantitative estimate of drug-likeness (QED) is 0.785. The molecule has 6 heteroatoms. The Labute approximate surface area is 131 Å². The van der Waals surface area contributed by atoms with Crippen LogP contribution >= 0.6 is 0 Å². The number of methoxy groups -OCH3 is 2. The summed E-state index contributed by atoms with van der Waals surface area (Å²) in [4.78, 5) is 25.8. The molecule has 0 saturated carbocycles. The summed E-state index contributed by atoms with van der Waals surface area (Å²) in [5.41, 5.74) is 0.490. The first-order valence-corrected chi connectivity index (χ1v) is 7.39. The summed E-state index contributed by atoms with van der Waals surface area (Å²) in [7, 11) is 3.05. The van der Waals surface area contributed by atoms with Gasteiger partial charge in [0.15, 0.2) is 11.5 Å².